The molecule has 4 rings (SSSR count). The van der Waals surface area contributed by atoms with Crippen LogP contribution in [-0.2, 0) is 6.54 Å². The average Bonchev–Trinajstić information content (AvgIpc) is 3.36. The second kappa shape index (κ2) is 9.22. The standard InChI is InChI=1S/C22H23N3O3.ClH/c23-12-18-13-24(15-21(18)16-4-2-1-3-5-16)14-20-10-11-22(28-20)17-6-8-19(9-7-17)25(26)27;/h1-11,18,21H,12-15,23H2;1H/t18-,21+;/m1./s1. The summed E-state index contributed by atoms with van der Waals surface area (Å²) in [6.07, 6.45) is 0. The molecule has 1 aromatic heterocycles. The molecule has 0 amide bonds. The Labute approximate surface area is 175 Å². The van der Waals surface area contributed by atoms with E-state index in [9.17, 15) is 10.1 Å². The fourth-order valence-electron chi connectivity index (χ4n) is 3.99. The molecule has 0 radical (unpaired) electrons. The third-order valence-electron chi connectivity index (χ3n) is 5.45. The maximum absolute atomic E-state index is 10.8. The lowest BCUT2D eigenvalue weighted by Gasteiger charge is -2.16. The van der Waals surface area contributed by atoms with Gasteiger partial charge in [0.05, 0.1) is 11.5 Å². The number of hydrogen-bond donors (Lipinski definition) is 1. The van der Waals surface area contributed by atoms with Crippen molar-refractivity contribution in [1.82, 2.24) is 4.90 Å². The molecule has 152 valence electrons. The molecule has 7 heteroatoms. The lowest BCUT2D eigenvalue weighted by Crippen LogP contribution is -2.23. The minimum atomic E-state index is -0.401. The van der Waals surface area contributed by atoms with Crippen molar-refractivity contribution in [3.05, 3.63) is 88.2 Å². The number of nitrogens with zero attached hydrogens (tertiary/aromatic N) is 2. The highest BCUT2D eigenvalue weighted by Gasteiger charge is 2.33. The SMILES string of the molecule is Cl.NC[C@@H]1CN(Cc2ccc(-c3ccc([N+](=O)[O-])cc3)o2)C[C@H]1c1ccccc1. The van der Waals surface area contributed by atoms with Gasteiger partial charge in [-0.25, -0.2) is 0 Å². The number of furan rings is 1. The van der Waals surface area contributed by atoms with Gasteiger partial charge in [-0.05, 0) is 42.3 Å². The summed E-state index contributed by atoms with van der Waals surface area (Å²) in [7, 11) is 0. The van der Waals surface area contributed by atoms with E-state index in [2.05, 4.69) is 29.2 Å². The first-order valence-corrected chi connectivity index (χ1v) is 9.45. The van der Waals surface area contributed by atoms with Gasteiger partial charge in [-0.2, -0.15) is 0 Å². The smallest absolute Gasteiger partial charge is 0.269 e. The molecule has 1 aliphatic heterocycles. The molecule has 0 aliphatic carbocycles. The van der Waals surface area contributed by atoms with Gasteiger partial charge < -0.3 is 10.2 Å². The summed E-state index contributed by atoms with van der Waals surface area (Å²) in [6, 6.07) is 20.9. The van der Waals surface area contributed by atoms with Gasteiger partial charge in [-0.1, -0.05) is 30.3 Å². The van der Waals surface area contributed by atoms with E-state index >= 15 is 0 Å². The molecule has 2 atom stereocenters. The van der Waals surface area contributed by atoms with Crippen LogP contribution in [0.1, 0.15) is 17.2 Å². The monoisotopic (exact) mass is 413 g/mol. The van der Waals surface area contributed by atoms with E-state index in [0.717, 1.165) is 36.7 Å². The highest BCUT2D eigenvalue weighted by atomic mass is 35.5. The quantitative estimate of drug-likeness (QED) is 0.476. The topological polar surface area (TPSA) is 85.5 Å². The van der Waals surface area contributed by atoms with Gasteiger partial charge in [0.15, 0.2) is 0 Å². The van der Waals surface area contributed by atoms with Crippen molar-refractivity contribution in [1.29, 1.82) is 0 Å². The third kappa shape index (κ3) is 4.67. The van der Waals surface area contributed by atoms with E-state index in [1.807, 2.05) is 18.2 Å². The molecular weight excluding hydrogens is 390 g/mol. The molecular formula is C22H24ClN3O3. The molecule has 2 heterocycles. The van der Waals surface area contributed by atoms with Crippen LogP contribution in [0, 0.1) is 16.0 Å². The molecule has 1 saturated heterocycles. The molecule has 29 heavy (non-hydrogen) atoms. The molecule has 1 aliphatic rings. The zero-order valence-electron chi connectivity index (χ0n) is 15.9. The highest BCUT2D eigenvalue weighted by Crippen LogP contribution is 2.33. The summed E-state index contributed by atoms with van der Waals surface area (Å²) in [5.41, 5.74) is 8.28. The van der Waals surface area contributed by atoms with E-state index in [1.54, 1.807) is 12.1 Å². The summed E-state index contributed by atoms with van der Waals surface area (Å²) in [4.78, 5) is 12.8. The maximum atomic E-state index is 10.8. The molecule has 2 N–H and O–H groups in total. The summed E-state index contributed by atoms with van der Waals surface area (Å²) < 4.78 is 6.00. The number of non-ortho nitro benzene ring substituents is 1. The molecule has 6 nitrogen and oxygen atoms in total. The Kier molecular flexibility index (Phi) is 6.69. The first-order valence-electron chi connectivity index (χ1n) is 9.45. The van der Waals surface area contributed by atoms with Gasteiger partial charge in [-0.3, -0.25) is 15.0 Å². The minimum absolute atomic E-state index is 0. The van der Waals surface area contributed by atoms with Gasteiger partial charge in [-0.15, -0.1) is 12.4 Å². The molecule has 1 fully saturated rings. The number of nitro groups is 1. The summed E-state index contributed by atoms with van der Waals surface area (Å²) >= 11 is 0. The zero-order chi connectivity index (χ0) is 19.5. The molecule has 2 aromatic carbocycles. The van der Waals surface area contributed by atoms with Crippen LogP contribution in [0.5, 0.6) is 0 Å². The number of nitrogens with two attached hydrogens (primary N) is 1. The predicted octanol–water partition coefficient (Wildman–Crippen LogP) is 4.45. The Bertz CT molecular complexity index is 943. The second-order valence-corrected chi connectivity index (χ2v) is 7.28. The van der Waals surface area contributed by atoms with Crippen LogP contribution in [0.3, 0.4) is 0 Å². The summed E-state index contributed by atoms with van der Waals surface area (Å²) in [6.45, 7) is 3.30. The Morgan fingerprint density at radius 3 is 2.41 bits per heavy atom. The van der Waals surface area contributed by atoms with E-state index in [1.165, 1.54) is 17.7 Å². The lowest BCUT2D eigenvalue weighted by atomic mass is 9.89. The number of nitro benzene ring substituents is 1. The number of benzene rings is 2. The second-order valence-electron chi connectivity index (χ2n) is 7.28. The number of rotatable bonds is 6. The third-order valence-corrected chi connectivity index (χ3v) is 5.45. The summed E-state index contributed by atoms with van der Waals surface area (Å²) in [5.74, 6) is 2.48. The fraction of sp³-hybridized carbons (Fsp3) is 0.273. The van der Waals surface area contributed by atoms with Crippen molar-refractivity contribution in [3.8, 4) is 11.3 Å². The van der Waals surface area contributed by atoms with Crippen LogP contribution in [0.2, 0.25) is 0 Å². The van der Waals surface area contributed by atoms with Gasteiger partial charge in [0, 0.05) is 36.7 Å². The normalized spacial score (nSPS) is 19.1. The van der Waals surface area contributed by atoms with E-state index in [4.69, 9.17) is 10.2 Å². The molecule has 0 spiro atoms. The maximum Gasteiger partial charge on any atom is 0.269 e. The van der Waals surface area contributed by atoms with Crippen molar-refractivity contribution in [2.75, 3.05) is 19.6 Å². The van der Waals surface area contributed by atoms with Crippen LogP contribution in [-0.4, -0.2) is 29.5 Å². The lowest BCUT2D eigenvalue weighted by molar-refractivity contribution is -0.384. The molecule has 0 unspecified atom stereocenters. The Balaban J connectivity index is 0.00000240. The fourth-order valence-corrected chi connectivity index (χ4v) is 3.99. The largest absolute Gasteiger partial charge is 0.460 e. The van der Waals surface area contributed by atoms with Crippen LogP contribution in [0.25, 0.3) is 11.3 Å². The van der Waals surface area contributed by atoms with Gasteiger partial charge in [0.1, 0.15) is 11.5 Å². The van der Waals surface area contributed by atoms with Crippen LogP contribution in [0.15, 0.2) is 71.1 Å². The number of halogens is 1. The van der Waals surface area contributed by atoms with Crippen molar-refractivity contribution < 1.29 is 9.34 Å². The van der Waals surface area contributed by atoms with Gasteiger partial charge in [0.25, 0.3) is 5.69 Å². The Morgan fingerprint density at radius 1 is 1.03 bits per heavy atom. The molecule has 0 bridgehead atoms. The predicted molar refractivity (Wildman–Crippen MR) is 115 cm³/mol. The average molecular weight is 414 g/mol. The Hall–Kier alpha value is -2.67. The molecule has 3 aromatic rings. The molecule has 0 saturated carbocycles. The van der Waals surface area contributed by atoms with Gasteiger partial charge in [0.2, 0.25) is 0 Å². The Morgan fingerprint density at radius 2 is 1.76 bits per heavy atom. The number of likely N-dealkylation sites (tertiary alicyclic amines) is 1. The van der Waals surface area contributed by atoms with E-state index in [0.29, 0.717) is 18.4 Å². The number of hydrogen-bond acceptors (Lipinski definition) is 5. The minimum Gasteiger partial charge on any atom is -0.460 e. The first kappa shape index (κ1) is 21.0. The van der Waals surface area contributed by atoms with Crippen molar-refractivity contribution in [3.63, 3.8) is 0 Å². The summed E-state index contributed by atoms with van der Waals surface area (Å²) in [5, 5.41) is 10.8. The van der Waals surface area contributed by atoms with Crippen LogP contribution in [0.4, 0.5) is 5.69 Å². The van der Waals surface area contributed by atoms with Gasteiger partial charge >= 0.3 is 0 Å². The first-order chi connectivity index (χ1) is 13.6. The van der Waals surface area contributed by atoms with Crippen molar-refractivity contribution in [2.24, 2.45) is 11.7 Å². The van der Waals surface area contributed by atoms with Crippen molar-refractivity contribution >= 4 is 18.1 Å². The van der Waals surface area contributed by atoms with E-state index in [-0.39, 0.29) is 18.1 Å². The van der Waals surface area contributed by atoms with Crippen molar-refractivity contribution in [2.45, 2.75) is 12.5 Å². The highest BCUT2D eigenvalue weighted by molar-refractivity contribution is 5.85. The van der Waals surface area contributed by atoms with Crippen LogP contribution < -0.4 is 5.73 Å². The van der Waals surface area contributed by atoms with Crippen LogP contribution >= 0.6 is 12.4 Å². The van der Waals surface area contributed by atoms with E-state index < -0.39 is 4.92 Å². The zero-order valence-corrected chi connectivity index (χ0v) is 16.8.